The quantitative estimate of drug-likeness (QED) is 0.704. The first-order valence-electron chi connectivity index (χ1n) is 8.50. The summed E-state index contributed by atoms with van der Waals surface area (Å²) < 4.78 is 29.2. The van der Waals surface area contributed by atoms with Gasteiger partial charge in [0.1, 0.15) is 6.04 Å². The summed E-state index contributed by atoms with van der Waals surface area (Å²) in [6.45, 7) is -0.930. The highest BCUT2D eigenvalue weighted by Crippen LogP contribution is 2.31. The van der Waals surface area contributed by atoms with E-state index in [1.807, 2.05) is 6.07 Å². The van der Waals surface area contributed by atoms with Crippen LogP contribution >= 0.6 is 27.5 Å². The Morgan fingerprint density at radius 2 is 2.21 bits per heavy atom. The van der Waals surface area contributed by atoms with Crippen LogP contribution in [0.2, 0.25) is 5.02 Å². The highest BCUT2D eigenvalue weighted by Gasteiger charge is 2.47. The van der Waals surface area contributed by atoms with Crippen molar-refractivity contribution in [1.82, 2.24) is 20.0 Å². The van der Waals surface area contributed by atoms with Crippen molar-refractivity contribution in [2.45, 2.75) is 24.9 Å². The fourth-order valence-electron chi connectivity index (χ4n) is 2.95. The molecule has 29 heavy (non-hydrogen) atoms. The molecule has 1 atom stereocenters. The van der Waals surface area contributed by atoms with E-state index in [9.17, 15) is 18.4 Å². The largest absolute Gasteiger partial charge is 0.343 e. The number of aromatic nitrogens is 2. The molecule has 2 heterocycles. The third-order valence-corrected chi connectivity index (χ3v) is 5.60. The molecule has 2 aromatic rings. The number of halogens is 4. The molecule has 1 fully saturated rings. The van der Waals surface area contributed by atoms with Gasteiger partial charge in [-0.15, -0.1) is 0 Å². The Labute approximate surface area is 178 Å². The van der Waals surface area contributed by atoms with Crippen molar-refractivity contribution in [3.05, 3.63) is 51.2 Å². The van der Waals surface area contributed by atoms with Crippen molar-refractivity contribution >= 4 is 39.3 Å². The second-order valence-corrected chi connectivity index (χ2v) is 7.85. The van der Waals surface area contributed by atoms with Crippen LogP contribution in [0.4, 0.5) is 8.78 Å². The lowest BCUT2D eigenvalue weighted by Crippen LogP contribution is -2.42. The molecule has 0 spiro atoms. The number of rotatable bonds is 5. The van der Waals surface area contributed by atoms with E-state index in [4.69, 9.17) is 16.9 Å². The smallest absolute Gasteiger partial charge is 0.268 e. The fraction of sp³-hybridized carbons (Fsp3) is 0.333. The van der Waals surface area contributed by atoms with E-state index >= 15 is 0 Å². The van der Waals surface area contributed by atoms with Gasteiger partial charge in [-0.2, -0.15) is 10.4 Å². The molecule has 0 saturated carbocycles. The van der Waals surface area contributed by atoms with Gasteiger partial charge in [0.05, 0.1) is 42.5 Å². The molecule has 0 aliphatic carbocycles. The minimum absolute atomic E-state index is 0.213. The minimum Gasteiger partial charge on any atom is -0.343 e. The number of likely N-dealkylation sites (tertiary alicyclic amines) is 1. The molecule has 0 bridgehead atoms. The van der Waals surface area contributed by atoms with Crippen molar-refractivity contribution in [3.8, 4) is 6.07 Å². The number of alkyl halides is 2. The number of nitriles is 1. The number of nitrogens with zero attached hydrogens (tertiary/aromatic N) is 4. The van der Waals surface area contributed by atoms with Gasteiger partial charge in [0, 0.05) is 17.1 Å². The fourth-order valence-corrected chi connectivity index (χ4v) is 3.40. The molecular formula is C18H15BrClF2N5O2. The lowest BCUT2D eigenvalue weighted by atomic mass is 10.2. The van der Waals surface area contributed by atoms with Gasteiger partial charge < -0.3 is 10.2 Å². The van der Waals surface area contributed by atoms with Crippen LogP contribution in [0.25, 0.3) is 0 Å². The Kier molecular flexibility index (Phi) is 6.19. The van der Waals surface area contributed by atoms with Crippen LogP contribution in [0, 0.1) is 11.3 Å². The lowest BCUT2D eigenvalue weighted by molar-refractivity contribution is -0.131. The average Bonchev–Trinajstić information content (AvgIpc) is 3.26. The van der Waals surface area contributed by atoms with Crippen molar-refractivity contribution in [2.24, 2.45) is 0 Å². The molecule has 1 N–H and O–H groups in total. The Bertz CT molecular complexity index is 991. The first kappa shape index (κ1) is 21.2. The Morgan fingerprint density at radius 1 is 1.45 bits per heavy atom. The number of benzene rings is 1. The number of hydrogen-bond acceptors (Lipinski definition) is 4. The summed E-state index contributed by atoms with van der Waals surface area (Å²) >= 11 is 9.36. The Morgan fingerprint density at radius 3 is 2.90 bits per heavy atom. The molecule has 7 nitrogen and oxygen atoms in total. The highest BCUT2D eigenvalue weighted by atomic mass is 79.9. The summed E-state index contributed by atoms with van der Waals surface area (Å²) in [4.78, 5) is 25.2. The van der Waals surface area contributed by atoms with E-state index in [1.165, 1.54) is 17.1 Å². The molecule has 2 amide bonds. The van der Waals surface area contributed by atoms with Gasteiger partial charge >= 0.3 is 0 Å². The molecular weight excluding hydrogens is 472 g/mol. The van der Waals surface area contributed by atoms with Gasteiger partial charge in [-0.25, -0.2) is 8.78 Å². The Balaban J connectivity index is 1.57. The van der Waals surface area contributed by atoms with Crippen LogP contribution in [-0.2, 0) is 11.3 Å². The normalized spacial score (nSPS) is 17.8. The lowest BCUT2D eigenvalue weighted by Gasteiger charge is -2.19. The number of nitrogens with one attached hydrogen (secondary N) is 1. The molecule has 3 rings (SSSR count). The van der Waals surface area contributed by atoms with Crippen molar-refractivity contribution < 1.29 is 18.4 Å². The first-order chi connectivity index (χ1) is 13.7. The third kappa shape index (κ3) is 5.10. The van der Waals surface area contributed by atoms with E-state index in [0.717, 1.165) is 14.9 Å². The number of amides is 2. The topological polar surface area (TPSA) is 91.0 Å². The molecule has 1 aliphatic heterocycles. The molecule has 1 aliphatic rings. The molecule has 0 unspecified atom stereocenters. The summed E-state index contributed by atoms with van der Waals surface area (Å²) in [5, 5.41) is 16.0. The molecule has 152 valence electrons. The van der Waals surface area contributed by atoms with Gasteiger partial charge in [-0.05, 0) is 33.6 Å². The van der Waals surface area contributed by atoms with Gasteiger partial charge in [0.2, 0.25) is 5.91 Å². The van der Waals surface area contributed by atoms with Crippen LogP contribution < -0.4 is 5.32 Å². The van der Waals surface area contributed by atoms with Crippen LogP contribution in [0.15, 0.2) is 35.1 Å². The summed E-state index contributed by atoms with van der Waals surface area (Å²) in [6.07, 6.45) is 2.14. The van der Waals surface area contributed by atoms with Crippen molar-refractivity contribution in [2.75, 3.05) is 13.1 Å². The zero-order chi connectivity index (χ0) is 21.2. The molecule has 1 aromatic carbocycles. The predicted octanol–water partition coefficient (Wildman–Crippen LogP) is 2.84. The van der Waals surface area contributed by atoms with E-state index in [0.29, 0.717) is 11.6 Å². The van der Waals surface area contributed by atoms with E-state index in [1.54, 1.807) is 18.2 Å². The minimum atomic E-state index is -3.10. The maximum absolute atomic E-state index is 13.4. The third-order valence-electron chi connectivity index (χ3n) is 4.36. The monoisotopic (exact) mass is 485 g/mol. The van der Waals surface area contributed by atoms with E-state index < -0.39 is 43.3 Å². The van der Waals surface area contributed by atoms with Crippen LogP contribution in [0.3, 0.4) is 0 Å². The van der Waals surface area contributed by atoms with E-state index in [-0.39, 0.29) is 5.56 Å². The highest BCUT2D eigenvalue weighted by molar-refractivity contribution is 9.10. The van der Waals surface area contributed by atoms with Crippen LogP contribution in [0.5, 0.6) is 0 Å². The zero-order valence-corrected chi connectivity index (χ0v) is 17.3. The maximum atomic E-state index is 13.4. The number of carbonyl (C=O) groups is 2. The number of hydrogen-bond donors (Lipinski definition) is 1. The van der Waals surface area contributed by atoms with Gasteiger partial charge in [-0.1, -0.05) is 17.7 Å². The molecule has 11 heteroatoms. The van der Waals surface area contributed by atoms with Crippen LogP contribution in [0.1, 0.15) is 22.3 Å². The molecule has 1 aromatic heterocycles. The second-order valence-electron chi connectivity index (χ2n) is 6.58. The zero-order valence-electron chi connectivity index (χ0n) is 14.9. The maximum Gasteiger partial charge on any atom is 0.268 e. The van der Waals surface area contributed by atoms with Crippen molar-refractivity contribution in [1.29, 1.82) is 5.26 Å². The Hall–Kier alpha value is -2.51. The van der Waals surface area contributed by atoms with Gasteiger partial charge in [0.25, 0.3) is 11.8 Å². The summed E-state index contributed by atoms with van der Waals surface area (Å²) in [5.41, 5.74) is 1.09. The van der Waals surface area contributed by atoms with Crippen molar-refractivity contribution in [3.63, 3.8) is 0 Å². The average molecular weight is 487 g/mol. The predicted molar refractivity (Wildman–Crippen MR) is 103 cm³/mol. The summed E-state index contributed by atoms with van der Waals surface area (Å²) in [5.74, 6) is -4.41. The van der Waals surface area contributed by atoms with Crippen LogP contribution in [-0.4, -0.2) is 51.5 Å². The van der Waals surface area contributed by atoms with Gasteiger partial charge in [-0.3, -0.25) is 14.3 Å². The summed E-state index contributed by atoms with van der Waals surface area (Å²) in [6, 6.07) is 5.92. The van der Waals surface area contributed by atoms with E-state index in [2.05, 4.69) is 26.3 Å². The number of carbonyl (C=O) groups excluding carboxylic acids is 2. The SMILES string of the molecule is N#C[C@@H]1CC(F)(F)CN1C(=O)CNC(=O)c1cnn(Cc2ccc(Br)c(Cl)c2)c1. The first-order valence-corrected chi connectivity index (χ1v) is 9.67. The molecule has 1 saturated heterocycles. The standard InChI is InChI=1S/C18H15BrClF2N5O2/c19-14-2-1-11(3-15(14)20)8-26-9-12(6-25-26)17(29)24-7-16(28)27-10-18(21,22)4-13(27)5-23/h1-3,6,9,13H,4,7-8,10H2,(H,24,29)/t13-/m0/s1. The summed E-state index contributed by atoms with van der Waals surface area (Å²) in [7, 11) is 0. The second kappa shape index (κ2) is 8.47. The molecule has 0 radical (unpaired) electrons. The van der Waals surface area contributed by atoms with Gasteiger partial charge in [0.15, 0.2) is 0 Å².